The number of carbonyl (C=O) groups is 1. The molecule has 0 unspecified atom stereocenters. The molecule has 0 amide bonds. The van der Waals surface area contributed by atoms with Crippen molar-refractivity contribution in [2.75, 3.05) is 32.8 Å². The molecule has 8 nitrogen and oxygen atoms in total. The smallest absolute Gasteiger partial charge is 0.310 e. The first-order chi connectivity index (χ1) is 13.2. The van der Waals surface area contributed by atoms with E-state index in [1.165, 1.54) is 32.9 Å². The molecule has 1 atom stereocenters. The highest BCUT2D eigenvalue weighted by atomic mass is 32.2. The van der Waals surface area contributed by atoms with Crippen molar-refractivity contribution in [1.29, 1.82) is 0 Å². The molecule has 1 saturated heterocycles. The summed E-state index contributed by atoms with van der Waals surface area (Å²) in [4.78, 5) is 12.0. The molecule has 1 heterocycles. The molecular formula is C18H28N2O6S2. The first-order valence-electron chi connectivity index (χ1n) is 9.45. The molecule has 1 aliphatic rings. The lowest BCUT2D eigenvalue weighted by Crippen LogP contribution is -2.42. The zero-order valence-corrected chi connectivity index (χ0v) is 18.1. The minimum absolute atomic E-state index is 0.00973. The number of rotatable bonds is 8. The average molecular weight is 433 g/mol. The lowest BCUT2D eigenvalue weighted by molar-refractivity contribution is -0.149. The van der Waals surface area contributed by atoms with Crippen LogP contribution in [0.3, 0.4) is 0 Å². The molecule has 0 aliphatic carbocycles. The van der Waals surface area contributed by atoms with E-state index in [-0.39, 0.29) is 28.9 Å². The predicted octanol–water partition coefficient (Wildman–Crippen LogP) is 1.68. The Bertz CT molecular complexity index is 877. The van der Waals surface area contributed by atoms with E-state index in [1.54, 1.807) is 20.8 Å². The number of carbonyl (C=O) groups excluding carboxylic acids is 1. The van der Waals surface area contributed by atoms with E-state index < -0.39 is 26.0 Å². The molecule has 0 radical (unpaired) electrons. The first-order valence-corrected chi connectivity index (χ1v) is 12.3. The van der Waals surface area contributed by atoms with Gasteiger partial charge in [0.05, 0.1) is 22.3 Å². The van der Waals surface area contributed by atoms with Gasteiger partial charge in [-0.25, -0.2) is 16.8 Å². The quantitative estimate of drug-likeness (QED) is 0.579. The number of benzene rings is 1. The van der Waals surface area contributed by atoms with Crippen molar-refractivity contribution in [2.45, 2.75) is 43.4 Å². The van der Waals surface area contributed by atoms with Gasteiger partial charge in [-0.15, -0.1) is 0 Å². The fourth-order valence-corrected chi connectivity index (χ4v) is 6.24. The van der Waals surface area contributed by atoms with Crippen LogP contribution in [-0.4, -0.2) is 64.2 Å². The number of piperidine rings is 1. The van der Waals surface area contributed by atoms with Crippen LogP contribution >= 0.6 is 0 Å². The summed E-state index contributed by atoms with van der Waals surface area (Å²) in [6, 6.07) is 5.24. The highest BCUT2D eigenvalue weighted by Crippen LogP contribution is 2.26. The van der Waals surface area contributed by atoms with Crippen molar-refractivity contribution >= 4 is 26.0 Å². The van der Waals surface area contributed by atoms with Gasteiger partial charge in [-0.3, -0.25) is 4.79 Å². The Balaban J connectivity index is 2.23. The summed E-state index contributed by atoms with van der Waals surface area (Å²) in [7, 11) is -7.47. The third kappa shape index (κ3) is 4.73. The second kappa shape index (κ2) is 9.34. The first kappa shape index (κ1) is 22.8. The summed E-state index contributed by atoms with van der Waals surface area (Å²) in [6.07, 6.45) is 1.16. The topological polar surface area (TPSA) is 101 Å². The van der Waals surface area contributed by atoms with Gasteiger partial charge in [0.25, 0.3) is 0 Å². The van der Waals surface area contributed by atoms with Crippen LogP contribution in [0.25, 0.3) is 0 Å². The van der Waals surface area contributed by atoms with Crippen LogP contribution in [0, 0.1) is 5.92 Å². The van der Waals surface area contributed by atoms with Gasteiger partial charge in [0.2, 0.25) is 20.0 Å². The van der Waals surface area contributed by atoms with Crippen molar-refractivity contribution in [3.05, 3.63) is 24.3 Å². The molecule has 158 valence electrons. The van der Waals surface area contributed by atoms with Gasteiger partial charge in [-0.05, 0) is 44.0 Å². The van der Waals surface area contributed by atoms with Crippen molar-refractivity contribution in [3.8, 4) is 0 Å². The SMILES string of the molecule is CCOC(=O)[C@H]1CCCN(S(=O)(=O)c2ccc(S(=O)(=O)N(CC)CC)cc2)C1. The van der Waals surface area contributed by atoms with Crippen LogP contribution in [0.4, 0.5) is 0 Å². The highest BCUT2D eigenvalue weighted by Gasteiger charge is 2.34. The monoisotopic (exact) mass is 432 g/mol. The summed E-state index contributed by atoms with van der Waals surface area (Å²) in [6.45, 7) is 6.52. The maximum absolute atomic E-state index is 12.9. The average Bonchev–Trinajstić information content (AvgIpc) is 2.69. The third-order valence-corrected chi connectivity index (χ3v) is 8.75. The molecule has 0 saturated carbocycles. The Hall–Kier alpha value is -1.49. The van der Waals surface area contributed by atoms with E-state index in [2.05, 4.69) is 0 Å². The van der Waals surface area contributed by atoms with E-state index in [1.807, 2.05) is 0 Å². The van der Waals surface area contributed by atoms with Crippen LogP contribution in [0.1, 0.15) is 33.6 Å². The maximum atomic E-state index is 12.9. The summed E-state index contributed by atoms with van der Waals surface area (Å²) >= 11 is 0. The molecule has 2 rings (SSSR count). The maximum Gasteiger partial charge on any atom is 0.310 e. The van der Waals surface area contributed by atoms with Crippen molar-refractivity contribution in [3.63, 3.8) is 0 Å². The van der Waals surface area contributed by atoms with Crippen molar-refractivity contribution in [1.82, 2.24) is 8.61 Å². The standard InChI is InChI=1S/C18H28N2O6S2/c1-4-19(5-2)27(22,23)16-9-11-17(12-10-16)28(24,25)20-13-7-8-15(14-20)18(21)26-6-3/h9-12,15H,4-8,13-14H2,1-3H3/t15-/m0/s1. The Kier molecular flexibility index (Phi) is 7.60. The van der Waals surface area contributed by atoms with Crippen molar-refractivity contribution < 1.29 is 26.4 Å². The Morgan fingerprint density at radius 1 is 1.07 bits per heavy atom. The third-order valence-electron chi connectivity index (χ3n) is 4.81. The van der Waals surface area contributed by atoms with Gasteiger partial charge in [0.1, 0.15) is 0 Å². The predicted molar refractivity (Wildman–Crippen MR) is 105 cm³/mol. The van der Waals surface area contributed by atoms with E-state index in [0.717, 1.165) is 0 Å². The zero-order chi connectivity index (χ0) is 20.9. The van der Waals surface area contributed by atoms with E-state index in [0.29, 0.717) is 32.5 Å². The molecule has 1 aromatic rings. The number of ether oxygens (including phenoxy) is 1. The second-order valence-electron chi connectivity index (χ2n) is 6.51. The lowest BCUT2D eigenvalue weighted by atomic mass is 10.0. The molecule has 1 aliphatic heterocycles. The molecule has 0 aromatic heterocycles. The van der Waals surface area contributed by atoms with Crippen LogP contribution in [0.15, 0.2) is 34.1 Å². The molecule has 1 aromatic carbocycles. The Morgan fingerprint density at radius 3 is 2.18 bits per heavy atom. The summed E-state index contributed by atoms with van der Waals surface area (Å²) < 4.78 is 58.6. The Morgan fingerprint density at radius 2 is 1.64 bits per heavy atom. The molecule has 10 heteroatoms. The second-order valence-corrected chi connectivity index (χ2v) is 10.4. The molecule has 0 spiro atoms. The van der Waals surface area contributed by atoms with Gasteiger partial charge >= 0.3 is 5.97 Å². The molecular weight excluding hydrogens is 404 g/mol. The van der Waals surface area contributed by atoms with Gasteiger partial charge in [-0.2, -0.15) is 8.61 Å². The molecule has 0 N–H and O–H groups in total. The van der Waals surface area contributed by atoms with Gasteiger partial charge < -0.3 is 4.74 Å². The van der Waals surface area contributed by atoms with Crippen molar-refractivity contribution in [2.24, 2.45) is 5.92 Å². The number of nitrogens with zero attached hydrogens (tertiary/aromatic N) is 2. The van der Waals surface area contributed by atoms with E-state index >= 15 is 0 Å². The normalized spacial score (nSPS) is 18.9. The summed E-state index contributed by atoms with van der Waals surface area (Å²) in [5.74, 6) is -0.867. The zero-order valence-electron chi connectivity index (χ0n) is 16.5. The number of esters is 1. The van der Waals surface area contributed by atoms with Gasteiger partial charge in [0, 0.05) is 26.2 Å². The molecule has 28 heavy (non-hydrogen) atoms. The molecule has 0 bridgehead atoms. The van der Waals surface area contributed by atoms with Crippen LogP contribution in [0.2, 0.25) is 0 Å². The minimum atomic E-state index is -3.82. The summed E-state index contributed by atoms with van der Waals surface area (Å²) in [5.41, 5.74) is 0. The number of hydrogen-bond acceptors (Lipinski definition) is 6. The van der Waals surface area contributed by atoms with Crippen LogP contribution in [-0.2, 0) is 29.6 Å². The minimum Gasteiger partial charge on any atom is -0.466 e. The van der Waals surface area contributed by atoms with Gasteiger partial charge in [-0.1, -0.05) is 13.8 Å². The highest BCUT2D eigenvalue weighted by molar-refractivity contribution is 7.89. The van der Waals surface area contributed by atoms with E-state index in [4.69, 9.17) is 4.74 Å². The fraction of sp³-hybridized carbons (Fsp3) is 0.611. The lowest BCUT2D eigenvalue weighted by Gasteiger charge is -2.30. The Labute approximate surface area is 167 Å². The van der Waals surface area contributed by atoms with Crippen LogP contribution < -0.4 is 0 Å². The fourth-order valence-electron chi connectivity index (χ4n) is 3.26. The summed E-state index contributed by atoms with van der Waals surface area (Å²) in [5, 5.41) is 0. The van der Waals surface area contributed by atoms with Gasteiger partial charge in [0.15, 0.2) is 0 Å². The largest absolute Gasteiger partial charge is 0.466 e. The van der Waals surface area contributed by atoms with E-state index in [9.17, 15) is 21.6 Å². The number of sulfonamides is 2. The molecule has 1 fully saturated rings. The van der Waals surface area contributed by atoms with Crippen LogP contribution in [0.5, 0.6) is 0 Å². The number of hydrogen-bond donors (Lipinski definition) is 0.